The van der Waals surface area contributed by atoms with Crippen LogP contribution in [0.25, 0.3) is 0 Å². The number of hydrogen-bond donors (Lipinski definition) is 1. The minimum atomic E-state index is -0.531. The van der Waals surface area contributed by atoms with Gasteiger partial charge in [0.2, 0.25) is 0 Å². The van der Waals surface area contributed by atoms with Crippen LogP contribution in [-0.2, 0) is 4.79 Å². The van der Waals surface area contributed by atoms with Gasteiger partial charge in [-0.05, 0) is 11.5 Å². The summed E-state index contributed by atoms with van der Waals surface area (Å²) in [5.74, 6) is 0.0541. The highest BCUT2D eigenvalue weighted by molar-refractivity contribution is 6.15. The van der Waals surface area contributed by atoms with E-state index in [2.05, 4.69) is 4.99 Å². The molecule has 7 nitrogen and oxygen atoms in total. The number of Topliss-reactive ketones (excluding diaryl/α,β-unsaturated/α-hetero) is 1. The predicted molar refractivity (Wildman–Crippen MR) is 85.5 cm³/mol. The van der Waals surface area contributed by atoms with E-state index in [0.29, 0.717) is 18.5 Å². The summed E-state index contributed by atoms with van der Waals surface area (Å²) in [5.41, 5.74) is 0.128. The lowest BCUT2D eigenvalue weighted by Gasteiger charge is -2.28. The van der Waals surface area contributed by atoms with Crippen molar-refractivity contribution in [3.05, 3.63) is 39.6 Å². The number of nitro benzene ring substituents is 1. The quantitative estimate of drug-likeness (QED) is 0.520. The minimum absolute atomic E-state index is 0.0101. The van der Waals surface area contributed by atoms with Crippen molar-refractivity contribution in [2.75, 3.05) is 7.11 Å². The molecule has 0 aliphatic heterocycles. The smallest absolute Gasteiger partial charge is 0.273 e. The van der Waals surface area contributed by atoms with Crippen LogP contribution >= 0.6 is 0 Å². The van der Waals surface area contributed by atoms with Gasteiger partial charge in [-0.15, -0.1) is 0 Å². The van der Waals surface area contributed by atoms with E-state index >= 15 is 0 Å². The van der Waals surface area contributed by atoms with Crippen molar-refractivity contribution < 1.29 is 19.6 Å². The normalized spacial score (nSPS) is 17.6. The number of nitrogens with zero attached hydrogens (tertiary/aromatic N) is 2. The number of hydrogen-bond acceptors (Lipinski definition) is 6. The Labute approximate surface area is 133 Å². The minimum Gasteiger partial charge on any atom is -0.511 e. The van der Waals surface area contributed by atoms with E-state index in [1.54, 1.807) is 0 Å². The third-order valence-electron chi connectivity index (χ3n) is 3.60. The van der Waals surface area contributed by atoms with Gasteiger partial charge < -0.3 is 9.84 Å². The van der Waals surface area contributed by atoms with Gasteiger partial charge in [0.25, 0.3) is 5.69 Å². The predicted octanol–water partition coefficient (Wildman–Crippen LogP) is 3.51. The highest BCUT2D eigenvalue weighted by Crippen LogP contribution is 2.36. The van der Waals surface area contributed by atoms with Crippen molar-refractivity contribution in [2.45, 2.75) is 26.7 Å². The Morgan fingerprint density at radius 1 is 1.39 bits per heavy atom. The first kappa shape index (κ1) is 16.7. The molecule has 0 spiro atoms. The van der Waals surface area contributed by atoms with Gasteiger partial charge in [0.05, 0.1) is 23.7 Å². The third kappa shape index (κ3) is 3.74. The fourth-order valence-electron chi connectivity index (χ4n) is 2.47. The molecule has 0 unspecified atom stereocenters. The fraction of sp³-hybridized carbons (Fsp3) is 0.375. The van der Waals surface area contributed by atoms with Gasteiger partial charge in [-0.1, -0.05) is 13.8 Å². The lowest BCUT2D eigenvalue weighted by Crippen LogP contribution is -2.26. The second-order valence-electron chi connectivity index (χ2n) is 6.17. The van der Waals surface area contributed by atoms with Crippen LogP contribution < -0.4 is 4.74 Å². The Morgan fingerprint density at radius 3 is 2.65 bits per heavy atom. The third-order valence-corrected chi connectivity index (χ3v) is 3.60. The summed E-state index contributed by atoms with van der Waals surface area (Å²) in [6.07, 6.45) is 2.02. The van der Waals surface area contributed by atoms with Crippen molar-refractivity contribution in [1.82, 2.24) is 0 Å². The Kier molecular flexibility index (Phi) is 4.49. The van der Waals surface area contributed by atoms with E-state index in [4.69, 9.17) is 4.74 Å². The Morgan fingerprint density at radius 2 is 2.09 bits per heavy atom. The van der Waals surface area contributed by atoms with E-state index in [1.165, 1.54) is 31.5 Å². The number of non-ortho nitro benzene ring substituents is 1. The highest BCUT2D eigenvalue weighted by atomic mass is 16.6. The SMILES string of the molecule is COc1cc([N+](=O)[O-])ccc1N=CC1=C(O)CC(C)(C)CC1=O. The van der Waals surface area contributed by atoms with E-state index in [9.17, 15) is 20.0 Å². The summed E-state index contributed by atoms with van der Waals surface area (Å²) < 4.78 is 5.08. The monoisotopic (exact) mass is 318 g/mol. The van der Waals surface area contributed by atoms with E-state index < -0.39 is 4.92 Å². The standard InChI is InChI=1S/C16H18N2O5/c1-16(2)7-13(19)11(14(20)8-16)9-17-12-5-4-10(18(21)22)6-15(12)23-3/h4-6,9,19H,7-8H2,1-3H3. The molecule has 0 saturated carbocycles. The molecule has 122 valence electrons. The number of aliphatic hydroxyl groups excluding tert-OH is 1. The van der Waals surface area contributed by atoms with Gasteiger partial charge >= 0.3 is 0 Å². The zero-order valence-corrected chi connectivity index (χ0v) is 13.2. The number of ketones is 1. The van der Waals surface area contributed by atoms with Gasteiger partial charge in [0.15, 0.2) is 11.5 Å². The summed E-state index contributed by atoms with van der Waals surface area (Å²) in [7, 11) is 1.38. The first-order valence-corrected chi connectivity index (χ1v) is 7.05. The number of carbonyl (C=O) groups excluding carboxylic acids is 1. The van der Waals surface area contributed by atoms with Gasteiger partial charge in [-0.2, -0.15) is 0 Å². The van der Waals surface area contributed by atoms with Crippen LogP contribution in [-0.4, -0.2) is 29.1 Å². The number of nitro groups is 1. The molecule has 1 aromatic carbocycles. The Balaban J connectivity index is 2.33. The number of carbonyl (C=O) groups is 1. The van der Waals surface area contributed by atoms with Crippen LogP contribution in [0.5, 0.6) is 5.75 Å². The van der Waals surface area contributed by atoms with Crippen molar-refractivity contribution in [3.63, 3.8) is 0 Å². The first-order valence-electron chi connectivity index (χ1n) is 7.05. The lowest BCUT2D eigenvalue weighted by atomic mass is 9.77. The number of benzene rings is 1. The second-order valence-corrected chi connectivity index (χ2v) is 6.17. The van der Waals surface area contributed by atoms with Crippen LogP contribution in [0.15, 0.2) is 34.5 Å². The summed E-state index contributed by atoms with van der Waals surface area (Å²) in [5, 5.41) is 20.8. The fourth-order valence-corrected chi connectivity index (χ4v) is 2.47. The number of ether oxygens (including phenoxy) is 1. The number of allylic oxidation sites excluding steroid dienone is 2. The largest absolute Gasteiger partial charge is 0.511 e. The van der Waals surface area contributed by atoms with Gasteiger partial charge in [-0.25, -0.2) is 0 Å². The van der Waals surface area contributed by atoms with Crippen molar-refractivity contribution >= 4 is 23.4 Å². The van der Waals surface area contributed by atoms with Gasteiger partial charge in [0, 0.05) is 25.1 Å². The molecule has 0 radical (unpaired) electrons. The van der Waals surface area contributed by atoms with Gasteiger partial charge in [-0.3, -0.25) is 19.9 Å². The van der Waals surface area contributed by atoms with Crippen LogP contribution in [0.3, 0.4) is 0 Å². The van der Waals surface area contributed by atoms with Crippen LogP contribution in [0.2, 0.25) is 0 Å². The van der Waals surface area contributed by atoms with Crippen molar-refractivity contribution in [3.8, 4) is 5.75 Å². The Hall–Kier alpha value is -2.70. The second kappa shape index (κ2) is 6.20. The van der Waals surface area contributed by atoms with E-state index in [-0.39, 0.29) is 34.0 Å². The number of aliphatic imine (C=N–C) groups is 1. The molecule has 0 amide bonds. The molecule has 1 N–H and O–H groups in total. The maximum atomic E-state index is 12.1. The Bertz CT molecular complexity index is 719. The molecule has 1 aromatic rings. The van der Waals surface area contributed by atoms with Gasteiger partial charge in [0.1, 0.15) is 11.4 Å². The first-order chi connectivity index (χ1) is 10.7. The zero-order chi connectivity index (χ0) is 17.2. The van der Waals surface area contributed by atoms with Crippen LogP contribution in [0, 0.1) is 15.5 Å². The summed E-state index contributed by atoms with van der Waals surface area (Å²) in [6, 6.07) is 3.99. The molecule has 1 aliphatic rings. The molecule has 2 rings (SSSR count). The average Bonchev–Trinajstić information content (AvgIpc) is 2.45. The number of rotatable bonds is 4. The molecule has 0 heterocycles. The highest BCUT2D eigenvalue weighted by Gasteiger charge is 2.32. The topological polar surface area (TPSA) is 102 Å². The number of aliphatic hydroxyl groups is 1. The maximum Gasteiger partial charge on any atom is 0.273 e. The summed E-state index contributed by atoms with van der Waals surface area (Å²) >= 11 is 0. The molecule has 0 atom stereocenters. The number of methoxy groups -OCH3 is 1. The lowest BCUT2D eigenvalue weighted by molar-refractivity contribution is -0.384. The van der Waals surface area contributed by atoms with Crippen molar-refractivity contribution in [1.29, 1.82) is 0 Å². The average molecular weight is 318 g/mol. The van der Waals surface area contributed by atoms with Crippen LogP contribution in [0.1, 0.15) is 26.7 Å². The summed E-state index contributed by atoms with van der Waals surface area (Å²) in [6.45, 7) is 3.82. The van der Waals surface area contributed by atoms with Crippen molar-refractivity contribution in [2.24, 2.45) is 10.4 Å². The molecule has 1 aliphatic carbocycles. The zero-order valence-electron chi connectivity index (χ0n) is 13.2. The molecule has 0 fully saturated rings. The molecule has 0 saturated heterocycles. The molecular weight excluding hydrogens is 300 g/mol. The molecule has 0 aromatic heterocycles. The molecular formula is C16H18N2O5. The van der Waals surface area contributed by atoms with Crippen LogP contribution in [0.4, 0.5) is 11.4 Å². The molecule has 23 heavy (non-hydrogen) atoms. The van der Waals surface area contributed by atoms with E-state index in [1.807, 2.05) is 13.8 Å². The maximum absolute atomic E-state index is 12.1. The molecule has 0 bridgehead atoms. The molecule has 7 heteroatoms. The van der Waals surface area contributed by atoms with E-state index in [0.717, 1.165) is 0 Å². The summed E-state index contributed by atoms with van der Waals surface area (Å²) in [4.78, 5) is 26.5.